The summed E-state index contributed by atoms with van der Waals surface area (Å²) in [4.78, 5) is 22.8. The number of amides is 3. The van der Waals surface area contributed by atoms with Gasteiger partial charge in [0.2, 0.25) is 5.91 Å². The number of hydrogen-bond donors (Lipinski definition) is 3. The Morgan fingerprint density at radius 2 is 1.82 bits per heavy atom. The van der Waals surface area contributed by atoms with Crippen molar-refractivity contribution in [3.05, 3.63) is 35.4 Å². The first-order chi connectivity index (χ1) is 10.4. The molecule has 1 rings (SSSR count). The average molecular weight is 313 g/mol. The molecule has 3 N–H and O–H groups in total. The lowest BCUT2D eigenvalue weighted by atomic mass is 10.1. The van der Waals surface area contributed by atoms with Crippen molar-refractivity contribution >= 4 is 11.9 Å². The molecule has 0 aliphatic heterocycles. The highest BCUT2D eigenvalue weighted by atomic mass is 19.2. The normalized spacial score (nSPS) is 10.4. The van der Waals surface area contributed by atoms with E-state index >= 15 is 0 Å². The molecule has 0 aliphatic carbocycles. The summed E-state index contributed by atoms with van der Waals surface area (Å²) in [5.41, 5.74) is 0.205. The first kappa shape index (κ1) is 17.9. The van der Waals surface area contributed by atoms with Gasteiger partial charge in [-0.3, -0.25) is 4.79 Å². The van der Waals surface area contributed by atoms with E-state index in [-0.39, 0.29) is 43.4 Å². The minimum absolute atomic E-state index is 0.0579. The van der Waals surface area contributed by atoms with Gasteiger partial charge in [0, 0.05) is 25.6 Å². The van der Waals surface area contributed by atoms with Crippen molar-refractivity contribution in [2.24, 2.45) is 0 Å². The zero-order valence-corrected chi connectivity index (χ0v) is 12.7. The molecule has 0 aromatic heterocycles. The van der Waals surface area contributed by atoms with Crippen LogP contribution in [0.4, 0.5) is 13.6 Å². The number of carbonyl (C=O) groups is 2. The molecule has 0 saturated heterocycles. The Morgan fingerprint density at radius 3 is 2.50 bits per heavy atom. The largest absolute Gasteiger partial charge is 0.354 e. The third kappa shape index (κ3) is 6.51. The number of nitrogens with one attached hydrogen (secondary N) is 3. The average Bonchev–Trinajstić information content (AvgIpc) is 2.42. The van der Waals surface area contributed by atoms with Crippen LogP contribution in [0.3, 0.4) is 0 Å². The topological polar surface area (TPSA) is 70.2 Å². The molecule has 1 aromatic carbocycles. The van der Waals surface area contributed by atoms with Gasteiger partial charge in [0.1, 0.15) is 0 Å². The summed E-state index contributed by atoms with van der Waals surface area (Å²) in [5, 5.41) is 7.75. The van der Waals surface area contributed by atoms with Crippen LogP contribution in [0.1, 0.15) is 25.8 Å². The summed E-state index contributed by atoms with van der Waals surface area (Å²) in [6, 6.07) is 3.54. The van der Waals surface area contributed by atoms with Crippen LogP contribution in [0.5, 0.6) is 0 Å². The van der Waals surface area contributed by atoms with Crippen molar-refractivity contribution in [2.75, 3.05) is 13.1 Å². The van der Waals surface area contributed by atoms with Crippen molar-refractivity contribution in [2.45, 2.75) is 32.7 Å². The lowest BCUT2D eigenvalue weighted by Crippen LogP contribution is -2.39. The van der Waals surface area contributed by atoms with Crippen LogP contribution in [0.15, 0.2) is 18.2 Å². The molecule has 0 fully saturated rings. The van der Waals surface area contributed by atoms with Gasteiger partial charge in [0.05, 0.1) is 0 Å². The fourth-order valence-electron chi connectivity index (χ4n) is 1.80. The summed E-state index contributed by atoms with van der Waals surface area (Å²) >= 11 is 0. The van der Waals surface area contributed by atoms with Crippen LogP contribution in [-0.4, -0.2) is 31.1 Å². The molecule has 122 valence electrons. The maximum atomic E-state index is 13.4. The van der Waals surface area contributed by atoms with Crippen molar-refractivity contribution in [1.29, 1.82) is 0 Å². The highest BCUT2D eigenvalue weighted by Gasteiger charge is 2.08. The summed E-state index contributed by atoms with van der Waals surface area (Å²) < 4.78 is 26.4. The summed E-state index contributed by atoms with van der Waals surface area (Å²) in [6.45, 7) is 4.08. The lowest BCUT2D eigenvalue weighted by molar-refractivity contribution is -0.121. The number of urea groups is 1. The number of rotatable bonds is 7. The second kappa shape index (κ2) is 8.96. The van der Waals surface area contributed by atoms with Crippen LogP contribution in [-0.2, 0) is 11.2 Å². The Hall–Kier alpha value is -2.18. The standard InChI is InChI=1S/C15H21F2N3O2/c1-10(2)20-13(21)7-9-19-15(22)18-8-6-11-4-3-5-12(16)14(11)17/h3-5,10H,6-9H2,1-2H3,(H,20,21)(H2,18,19,22). The number of benzene rings is 1. The highest BCUT2D eigenvalue weighted by Crippen LogP contribution is 2.11. The molecular formula is C15H21F2N3O2. The summed E-state index contributed by atoms with van der Waals surface area (Å²) in [6.07, 6.45) is 0.370. The quantitative estimate of drug-likeness (QED) is 0.717. The second-order valence-corrected chi connectivity index (χ2v) is 5.12. The third-order valence-corrected chi connectivity index (χ3v) is 2.80. The van der Waals surface area contributed by atoms with E-state index in [1.165, 1.54) is 12.1 Å². The maximum Gasteiger partial charge on any atom is 0.314 e. The second-order valence-electron chi connectivity index (χ2n) is 5.12. The molecule has 0 saturated carbocycles. The molecule has 22 heavy (non-hydrogen) atoms. The monoisotopic (exact) mass is 313 g/mol. The minimum atomic E-state index is -0.905. The number of hydrogen-bond acceptors (Lipinski definition) is 2. The van der Waals surface area contributed by atoms with Gasteiger partial charge in [-0.1, -0.05) is 12.1 Å². The fourth-order valence-corrected chi connectivity index (χ4v) is 1.80. The maximum absolute atomic E-state index is 13.4. The molecule has 0 atom stereocenters. The van der Waals surface area contributed by atoms with Crippen molar-refractivity contribution in [3.63, 3.8) is 0 Å². The molecule has 1 aromatic rings. The number of carbonyl (C=O) groups excluding carboxylic acids is 2. The van der Waals surface area contributed by atoms with E-state index in [1.807, 2.05) is 13.8 Å². The van der Waals surface area contributed by atoms with E-state index in [0.29, 0.717) is 0 Å². The van der Waals surface area contributed by atoms with Crippen LogP contribution in [0.25, 0.3) is 0 Å². The Kier molecular flexibility index (Phi) is 7.28. The van der Waals surface area contributed by atoms with Crippen molar-refractivity contribution in [3.8, 4) is 0 Å². The SMILES string of the molecule is CC(C)NC(=O)CCNC(=O)NCCc1cccc(F)c1F. The molecular weight excluding hydrogens is 292 g/mol. The van der Waals surface area contributed by atoms with Gasteiger partial charge >= 0.3 is 6.03 Å². The van der Waals surface area contributed by atoms with Crippen molar-refractivity contribution in [1.82, 2.24) is 16.0 Å². The molecule has 0 bridgehead atoms. The van der Waals surface area contributed by atoms with E-state index < -0.39 is 17.7 Å². The molecule has 0 unspecified atom stereocenters. The predicted molar refractivity (Wildman–Crippen MR) is 79.4 cm³/mol. The van der Waals surface area contributed by atoms with Crippen LogP contribution in [0, 0.1) is 11.6 Å². The Balaban J connectivity index is 2.21. The van der Waals surface area contributed by atoms with Gasteiger partial charge in [0.15, 0.2) is 11.6 Å². The molecule has 0 radical (unpaired) electrons. The predicted octanol–water partition coefficient (Wildman–Crippen LogP) is 1.72. The number of halogens is 2. The zero-order valence-electron chi connectivity index (χ0n) is 12.7. The van der Waals surface area contributed by atoms with Gasteiger partial charge in [-0.2, -0.15) is 0 Å². The van der Waals surface area contributed by atoms with Crippen LogP contribution in [0.2, 0.25) is 0 Å². The van der Waals surface area contributed by atoms with Gasteiger partial charge in [-0.25, -0.2) is 13.6 Å². The molecule has 7 heteroatoms. The molecule has 5 nitrogen and oxygen atoms in total. The summed E-state index contributed by atoms with van der Waals surface area (Å²) in [5.74, 6) is -1.94. The first-order valence-electron chi connectivity index (χ1n) is 7.14. The molecule has 0 heterocycles. The van der Waals surface area contributed by atoms with Gasteiger partial charge in [0.25, 0.3) is 0 Å². The smallest absolute Gasteiger partial charge is 0.314 e. The molecule has 3 amide bonds. The lowest BCUT2D eigenvalue weighted by Gasteiger charge is -2.10. The Bertz CT molecular complexity index is 522. The minimum Gasteiger partial charge on any atom is -0.354 e. The van der Waals surface area contributed by atoms with Gasteiger partial charge in [-0.15, -0.1) is 0 Å². The van der Waals surface area contributed by atoms with Crippen molar-refractivity contribution < 1.29 is 18.4 Å². The van der Waals surface area contributed by atoms with E-state index in [4.69, 9.17) is 0 Å². The molecule has 0 spiro atoms. The van der Waals surface area contributed by atoms with E-state index in [1.54, 1.807) is 0 Å². The van der Waals surface area contributed by atoms with Gasteiger partial charge < -0.3 is 16.0 Å². The Labute approximate surface area is 128 Å². The fraction of sp³-hybridized carbons (Fsp3) is 0.467. The van der Waals surface area contributed by atoms with E-state index in [0.717, 1.165) is 6.07 Å². The molecule has 0 aliphatic rings. The first-order valence-corrected chi connectivity index (χ1v) is 7.14. The Morgan fingerprint density at radius 1 is 1.14 bits per heavy atom. The van der Waals surface area contributed by atoms with E-state index in [9.17, 15) is 18.4 Å². The third-order valence-electron chi connectivity index (χ3n) is 2.80. The van der Waals surface area contributed by atoms with Gasteiger partial charge in [-0.05, 0) is 31.9 Å². The van der Waals surface area contributed by atoms with E-state index in [2.05, 4.69) is 16.0 Å². The zero-order chi connectivity index (χ0) is 16.5. The van der Waals surface area contributed by atoms with Crippen LogP contribution >= 0.6 is 0 Å². The van der Waals surface area contributed by atoms with Crippen LogP contribution < -0.4 is 16.0 Å². The summed E-state index contributed by atoms with van der Waals surface area (Å²) in [7, 11) is 0. The highest BCUT2D eigenvalue weighted by molar-refractivity contribution is 5.78.